The highest BCUT2D eigenvalue weighted by Gasteiger charge is 1.93. The van der Waals surface area contributed by atoms with E-state index in [9.17, 15) is 0 Å². The van der Waals surface area contributed by atoms with Gasteiger partial charge >= 0.3 is 0 Å². The molecule has 0 unspecified atom stereocenters. The minimum atomic E-state index is 0.690. The molecule has 0 aliphatic rings. The first-order valence-electron chi connectivity index (χ1n) is 5.41. The van der Waals surface area contributed by atoms with Gasteiger partial charge in [-0.2, -0.15) is 5.26 Å². The lowest BCUT2D eigenvalue weighted by molar-refractivity contribution is 1.41. The van der Waals surface area contributed by atoms with Crippen molar-refractivity contribution in [1.82, 2.24) is 0 Å². The lowest BCUT2D eigenvalue weighted by Crippen LogP contribution is -1.79. The summed E-state index contributed by atoms with van der Waals surface area (Å²) in [5.41, 5.74) is 2.70. The van der Waals surface area contributed by atoms with Gasteiger partial charge in [0.05, 0.1) is 6.07 Å². The molecule has 0 aliphatic heterocycles. The van der Waals surface area contributed by atoms with Crippen molar-refractivity contribution in [3.8, 4) is 6.07 Å². The number of nitrogens with zero attached hydrogens (tertiary/aromatic N) is 1. The Morgan fingerprint density at radius 1 is 1.24 bits per heavy atom. The van der Waals surface area contributed by atoms with E-state index >= 15 is 0 Å². The number of rotatable bonds is 4. The Morgan fingerprint density at radius 2 is 1.94 bits per heavy atom. The normalized spacial score (nSPS) is 12.5. The fourth-order valence-corrected chi connectivity index (χ4v) is 1.29. The molecular weight excluding hydrogens is 206 g/mol. The molecule has 0 saturated heterocycles. The lowest BCUT2D eigenvalue weighted by atomic mass is 10.1. The molecule has 0 aliphatic carbocycles. The van der Waals surface area contributed by atoms with Gasteiger partial charge in [-0.15, -0.1) is 0 Å². The van der Waals surface area contributed by atoms with Crippen LogP contribution in [0.5, 0.6) is 0 Å². The van der Waals surface area contributed by atoms with Gasteiger partial charge in [-0.05, 0) is 18.1 Å². The molecule has 1 aromatic carbocycles. The SMILES string of the molecule is C=CC=CC(C=Cc1ccccc1)=C(C)C#N. The molecule has 0 saturated carbocycles. The zero-order chi connectivity index (χ0) is 12.5. The molecule has 0 N–H and O–H groups in total. The summed E-state index contributed by atoms with van der Waals surface area (Å²) in [7, 11) is 0. The van der Waals surface area contributed by atoms with Crippen LogP contribution in [0.4, 0.5) is 0 Å². The van der Waals surface area contributed by atoms with Crippen LogP contribution in [-0.2, 0) is 0 Å². The largest absolute Gasteiger partial charge is 0.193 e. The quantitative estimate of drug-likeness (QED) is 0.550. The summed E-state index contributed by atoms with van der Waals surface area (Å²) in [5.74, 6) is 0. The van der Waals surface area contributed by atoms with E-state index in [2.05, 4.69) is 12.6 Å². The van der Waals surface area contributed by atoms with Crippen LogP contribution in [0.25, 0.3) is 6.08 Å². The Kier molecular flexibility index (Phi) is 5.27. The van der Waals surface area contributed by atoms with Gasteiger partial charge in [-0.3, -0.25) is 0 Å². The van der Waals surface area contributed by atoms with Crippen LogP contribution in [0.15, 0.2) is 72.4 Å². The molecule has 0 amide bonds. The Hall–Kier alpha value is -2.33. The summed E-state index contributed by atoms with van der Waals surface area (Å²) in [6, 6.07) is 12.1. The van der Waals surface area contributed by atoms with Crippen molar-refractivity contribution in [1.29, 1.82) is 5.26 Å². The van der Waals surface area contributed by atoms with E-state index in [1.165, 1.54) is 0 Å². The molecule has 1 nitrogen and oxygen atoms in total. The van der Waals surface area contributed by atoms with E-state index in [0.29, 0.717) is 5.57 Å². The monoisotopic (exact) mass is 221 g/mol. The number of hydrogen-bond acceptors (Lipinski definition) is 1. The van der Waals surface area contributed by atoms with Gasteiger partial charge < -0.3 is 0 Å². The van der Waals surface area contributed by atoms with Gasteiger partial charge in [0.2, 0.25) is 0 Å². The molecule has 1 heteroatoms. The molecule has 0 radical (unpaired) electrons. The highest BCUT2D eigenvalue weighted by Crippen LogP contribution is 2.10. The van der Waals surface area contributed by atoms with Crippen LogP contribution in [0, 0.1) is 11.3 Å². The first-order chi connectivity index (χ1) is 8.27. The molecule has 0 heterocycles. The maximum atomic E-state index is 8.90. The summed E-state index contributed by atoms with van der Waals surface area (Å²) in [4.78, 5) is 0. The predicted octanol–water partition coefficient (Wildman–Crippen LogP) is 4.28. The molecule has 1 aromatic rings. The smallest absolute Gasteiger partial charge is 0.0950 e. The molecule has 17 heavy (non-hydrogen) atoms. The number of allylic oxidation sites excluding steroid dienone is 6. The van der Waals surface area contributed by atoms with Crippen LogP contribution in [0.2, 0.25) is 0 Å². The highest BCUT2D eigenvalue weighted by molar-refractivity contribution is 5.56. The van der Waals surface area contributed by atoms with Gasteiger partial charge in [-0.25, -0.2) is 0 Å². The Balaban J connectivity index is 2.96. The van der Waals surface area contributed by atoms with Crippen LogP contribution in [0.3, 0.4) is 0 Å². The average molecular weight is 221 g/mol. The van der Waals surface area contributed by atoms with Crippen LogP contribution in [-0.4, -0.2) is 0 Å². The number of nitriles is 1. The molecule has 0 bridgehead atoms. The van der Waals surface area contributed by atoms with E-state index in [1.54, 1.807) is 13.0 Å². The maximum absolute atomic E-state index is 8.90. The average Bonchev–Trinajstić information content (AvgIpc) is 2.39. The Labute approximate surface area is 103 Å². The van der Waals surface area contributed by atoms with Crippen molar-refractivity contribution in [3.05, 3.63) is 77.9 Å². The van der Waals surface area contributed by atoms with Crippen LogP contribution >= 0.6 is 0 Å². The second-order valence-corrected chi connectivity index (χ2v) is 3.53. The fraction of sp³-hybridized carbons (Fsp3) is 0.0625. The first kappa shape index (κ1) is 12.7. The molecule has 0 atom stereocenters. The van der Waals surface area contributed by atoms with Crippen molar-refractivity contribution < 1.29 is 0 Å². The summed E-state index contributed by atoms with van der Waals surface area (Å²) in [6.45, 7) is 5.42. The fourth-order valence-electron chi connectivity index (χ4n) is 1.29. The van der Waals surface area contributed by atoms with E-state index < -0.39 is 0 Å². The van der Waals surface area contributed by atoms with Crippen molar-refractivity contribution in [3.63, 3.8) is 0 Å². The van der Waals surface area contributed by atoms with Gasteiger partial charge in [-0.1, -0.05) is 67.3 Å². The van der Waals surface area contributed by atoms with Gasteiger partial charge in [0.1, 0.15) is 0 Å². The topological polar surface area (TPSA) is 23.8 Å². The van der Waals surface area contributed by atoms with E-state index in [1.807, 2.05) is 54.6 Å². The van der Waals surface area contributed by atoms with E-state index in [4.69, 9.17) is 5.26 Å². The summed E-state index contributed by atoms with van der Waals surface area (Å²) in [6.07, 6.45) is 9.33. The Bertz CT molecular complexity index is 496. The van der Waals surface area contributed by atoms with Crippen molar-refractivity contribution in [2.45, 2.75) is 6.92 Å². The predicted molar refractivity (Wildman–Crippen MR) is 73.1 cm³/mol. The first-order valence-corrected chi connectivity index (χ1v) is 5.41. The van der Waals surface area contributed by atoms with Gasteiger partial charge in [0, 0.05) is 5.57 Å². The third kappa shape index (κ3) is 4.36. The summed E-state index contributed by atoms with van der Waals surface area (Å²) < 4.78 is 0. The highest BCUT2D eigenvalue weighted by atomic mass is 14.2. The summed E-state index contributed by atoms with van der Waals surface area (Å²) in [5, 5.41) is 8.90. The van der Waals surface area contributed by atoms with Gasteiger partial charge in [0.15, 0.2) is 0 Å². The third-order valence-corrected chi connectivity index (χ3v) is 2.27. The zero-order valence-electron chi connectivity index (χ0n) is 9.93. The summed E-state index contributed by atoms with van der Waals surface area (Å²) >= 11 is 0. The van der Waals surface area contributed by atoms with Crippen LogP contribution < -0.4 is 0 Å². The van der Waals surface area contributed by atoms with Crippen molar-refractivity contribution in [2.75, 3.05) is 0 Å². The number of hydrogen-bond donors (Lipinski definition) is 0. The van der Waals surface area contributed by atoms with Crippen molar-refractivity contribution >= 4 is 6.08 Å². The lowest BCUT2D eigenvalue weighted by Gasteiger charge is -1.96. The molecule has 84 valence electrons. The number of benzene rings is 1. The molecule has 0 fully saturated rings. The standard InChI is InChI=1S/C16H15N/c1-3-4-10-16(14(2)13-17)12-11-15-8-6-5-7-9-15/h3-12H,1H2,2H3. The molecule has 0 spiro atoms. The molecule has 1 rings (SSSR count). The second kappa shape index (κ2) is 7.03. The minimum absolute atomic E-state index is 0.690. The second-order valence-electron chi connectivity index (χ2n) is 3.53. The molecule has 0 aromatic heterocycles. The zero-order valence-corrected chi connectivity index (χ0v) is 9.93. The Morgan fingerprint density at radius 3 is 2.53 bits per heavy atom. The minimum Gasteiger partial charge on any atom is -0.193 e. The molecular formula is C16H15N. The van der Waals surface area contributed by atoms with Gasteiger partial charge in [0.25, 0.3) is 0 Å². The van der Waals surface area contributed by atoms with Crippen LogP contribution in [0.1, 0.15) is 12.5 Å². The van der Waals surface area contributed by atoms with E-state index in [-0.39, 0.29) is 0 Å². The maximum Gasteiger partial charge on any atom is 0.0950 e. The van der Waals surface area contributed by atoms with E-state index in [0.717, 1.165) is 11.1 Å². The third-order valence-electron chi connectivity index (χ3n) is 2.27. The van der Waals surface area contributed by atoms with Crippen molar-refractivity contribution in [2.24, 2.45) is 0 Å².